The minimum atomic E-state index is 0.832. The van der Waals surface area contributed by atoms with E-state index in [-0.39, 0.29) is 0 Å². The third-order valence-corrected chi connectivity index (χ3v) is 14.1. The second kappa shape index (κ2) is 15.7. The van der Waals surface area contributed by atoms with Crippen LogP contribution in [-0.2, 0) is 0 Å². The summed E-state index contributed by atoms with van der Waals surface area (Å²) < 4.78 is 6.40. The van der Waals surface area contributed by atoms with E-state index in [2.05, 4.69) is 224 Å². The molecule has 0 aliphatic rings. The fourth-order valence-corrected chi connectivity index (χ4v) is 10.7. The Morgan fingerprint density at radius 3 is 1.41 bits per heavy atom. The van der Waals surface area contributed by atoms with E-state index in [4.69, 9.17) is 14.4 Å². The molecule has 0 saturated carbocycles. The first-order valence-electron chi connectivity index (χ1n) is 23.5. The maximum absolute atomic E-state index is 6.40. The molecule has 14 rings (SSSR count). The van der Waals surface area contributed by atoms with Crippen molar-refractivity contribution in [2.75, 3.05) is 0 Å². The van der Waals surface area contributed by atoms with Gasteiger partial charge < -0.3 is 4.42 Å². The fourth-order valence-electron chi connectivity index (χ4n) is 10.7. The highest BCUT2D eigenvalue weighted by Gasteiger charge is 2.17. The Labute approximate surface area is 398 Å². The molecule has 12 aromatic carbocycles. The van der Waals surface area contributed by atoms with E-state index in [1.807, 2.05) is 18.3 Å². The van der Waals surface area contributed by atoms with Gasteiger partial charge in [-0.05, 0) is 113 Å². The summed E-state index contributed by atoms with van der Waals surface area (Å²) in [5.41, 5.74) is 16.9. The predicted molar refractivity (Wildman–Crippen MR) is 289 cm³/mol. The van der Waals surface area contributed by atoms with Gasteiger partial charge in [-0.1, -0.05) is 206 Å². The highest BCUT2D eigenvalue weighted by Crippen LogP contribution is 2.42. The molecule has 0 fully saturated rings. The van der Waals surface area contributed by atoms with Gasteiger partial charge in [0.15, 0.2) is 0 Å². The van der Waals surface area contributed by atoms with Gasteiger partial charge in [-0.15, -0.1) is 0 Å². The molecule has 3 heteroatoms. The molecule has 0 aliphatic carbocycles. The van der Waals surface area contributed by atoms with Crippen LogP contribution in [-0.4, -0.2) is 9.97 Å². The molecule has 2 aromatic heterocycles. The fraction of sp³-hybridized carbons (Fsp3) is 0. The van der Waals surface area contributed by atoms with Crippen LogP contribution in [0.15, 0.2) is 247 Å². The smallest absolute Gasteiger partial charge is 0.143 e. The highest BCUT2D eigenvalue weighted by atomic mass is 16.3. The zero-order valence-corrected chi connectivity index (χ0v) is 37.4. The number of hydrogen-bond donors (Lipinski definition) is 0. The summed E-state index contributed by atoms with van der Waals surface area (Å²) in [6, 6.07) is 85.0. The minimum absolute atomic E-state index is 0.832. The molecule has 0 atom stereocenters. The van der Waals surface area contributed by atoms with Crippen LogP contribution < -0.4 is 0 Å². The van der Waals surface area contributed by atoms with Gasteiger partial charge >= 0.3 is 0 Å². The van der Waals surface area contributed by atoms with E-state index in [1.54, 1.807) is 0 Å². The van der Waals surface area contributed by atoms with E-state index in [1.165, 1.54) is 32.7 Å². The zero-order chi connectivity index (χ0) is 45.4. The number of benzene rings is 12. The van der Waals surface area contributed by atoms with Crippen LogP contribution in [0.3, 0.4) is 0 Å². The van der Waals surface area contributed by atoms with Crippen LogP contribution >= 0.6 is 0 Å². The second-order valence-corrected chi connectivity index (χ2v) is 18.0. The van der Waals surface area contributed by atoms with Crippen LogP contribution in [0.1, 0.15) is 0 Å². The minimum Gasteiger partial charge on any atom is -0.455 e. The van der Waals surface area contributed by atoms with E-state index in [9.17, 15) is 0 Å². The third kappa shape index (κ3) is 6.51. The average Bonchev–Trinajstić information content (AvgIpc) is 3.82. The average molecular weight is 877 g/mol. The van der Waals surface area contributed by atoms with Crippen molar-refractivity contribution < 1.29 is 4.42 Å². The van der Waals surface area contributed by atoms with Crippen molar-refractivity contribution in [2.45, 2.75) is 0 Å². The summed E-state index contributed by atoms with van der Waals surface area (Å²) in [4.78, 5) is 10.9. The Morgan fingerprint density at radius 2 is 0.739 bits per heavy atom. The maximum atomic E-state index is 6.40. The lowest BCUT2D eigenvalue weighted by Gasteiger charge is -2.15. The number of fused-ring (bicyclic) bond motifs is 11. The Kier molecular flexibility index (Phi) is 8.90. The molecule has 69 heavy (non-hydrogen) atoms. The Hall–Kier alpha value is -9.18. The van der Waals surface area contributed by atoms with Gasteiger partial charge in [0.2, 0.25) is 0 Å². The third-order valence-electron chi connectivity index (χ3n) is 14.1. The van der Waals surface area contributed by atoms with Crippen LogP contribution in [0.2, 0.25) is 0 Å². The van der Waals surface area contributed by atoms with Gasteiger partial charge in [-0.3, -0.25) is 4.98 Å². The van der Waals surface area contributed by atoms with Gasteiger partial charge in [0.05, 0.1) is 22.9 Å². The number of furan rings is 1. The molecule has 14 aromatic rings. The lowest BCUT2D eigenvalue weighted by atomic mass is 9.91. The molecule has 2 heterocycles. The van der Waals surface area contributed by atoms with Crippen molar-refractivity contribution >= 4 is 76.1 Å². The Balaban J connectivity index is 0.866. The number of para-hydroxylation sites is 2. The molecule has 0 spiro atoms. The van der Waals surface area contributed by atoms with E-state index >= 15 is 0 Å². The normalized spacial score (nSPS) is 11.8. The largest absolute Gasteiger partial charge is 0.455 e. The van der Waals surface area contributed by atoms with Gasteiger partial charge in [0, 0.05) is 32.7 Å². The number of aromatic nitrogens is 2. The molecular formula is C66H40N2O. The summed E-state index contributed by atoms with van der Waals surface area (Å²) in [7, 11) is 0. The lowest BCUT2D eigenvalue weighted by molar-refractivity contribution is 0.670. The highest BCUT2D eigenvalue weighted by molar-refractivity contribution is 6.25. The summed E-state index contributed by atoms with van der Waals surface area (Å²) >= 11 is 0. The summed E-state index contributed by atoms with van der Waals surface area (Å²) in [5, 5.41) is 11.7. The zero-order valence-electron chi connectivity index (χ0n) is 37.4. The molecule has 0 radical (unpaired) electrons. The monoisotopic (exact) mass is 876 g/mol. The SMILES string of the molecule is c1cc(-c2ccc(-c3cccc(-c4cccc5c4oc4ccccc45)c3)cc2)cc(-c2cnc3c4cc(-c5cccc6ccccc56)ccc4c4ccc(-c5cccc6ccccc56)cc4c3n2)c1. The quantitative estimate of drug-likeness (QED) is 0.156. The topological polar surface area (TPSA) is 38.9 Å². The first-order valence-corrected chi connectivity index (χ1v) is 23.5. The second-order valence-electron chi connectivity index (χ2n) is 18.0. The van der Waals surface area contributed by atoms with Crippen molar-refractivity contribution in [3.63, 3.8) is 0 Å². The van der Waals surface area contributed by atoms with E-state index < -0.39 is 0 Å². The van der Waals surface area contributed by atoms with Crippen LogP contribution in [0.5, 0.6) is 0 Å². The molecule has 0 unspecified atom stereocenters. The molecule has 0 bridgehead atoms. The molecule has 3 nitrogen and oxygen atoms in total. The molecule has 0 aliphatic heterocycles. The maximum Gasteiger partial charge on any atom is 0.143 e. The molecule has 0 saturated heterocycles. The van der Waals surface area contributed by atoms with Crippen molar-refractivity contribution in [1.82, 2.24) is 9.97 Å². The van der Waals surface area contributed by atoms with Gasteiger partial charge in [-0.2, -0.15) is 0 Å². The molecule has 320 valence electrons. The van der Waals surface area contributed by atoms with E-state index in [0.717, 1.165) is 110 Å². The van der Waals surface area contributed by atoms with Crippen LogP contribution in [0.4, 0.5) is 0 Å². The van der Waals surface area contributed by atoms with Gasteiger partial charge in [-0.25, -0.2) is 4.98 Å². The first-order chi connectivity index (χ1) is 34.2. The van der Waals surface area contributed by atoms with Crippen molar-refractivity contribution in [3.05, 3.63) is 243 Å². The number of hydrogen-bond acceptors (Lipinski definition) is 3. The number of rotatable bonds is 6. The molecule has 0 N–H and O–H groups in total. The summed E-state index contributed by atoms with van der Waals surface area (Å²) in [6.07, 6.45) is 1.95. The lowest BCUT2D eigenvalue weighted by Crippen LogP contribution is -1.94. The summed E-state index contributed by atoms with van der Waals surface area (Å²) in [5.74, 6) is 0. The van der Waals surface area contributed by atoms with Crippen molar-refractivity contribution in [2.24, 2.45) is 0 Å². The standard InChI is InChI=1S/C66H40N2O/c1-3-20-51-43(12-1)14-9-23-53(51)48-32-34-56-57-35-33-49(54-24-10-15-44-13-2-4-21-52(44)54)39-61(57)65-64(60(56)38-48)67-40-62(68-65)50-19-8-17-46(37-50)42-30-28-41(29-31-42)45-16-7-18-47(36-45)55-25-11-26-59-58-22-5-6-27-63(58)69-66(55)59/h1-40H. The van der Waals surface area contributed by atoms with E-state index in [0.29, 0.717) is 0 Å². The Bertz CT molecular complexity index is 4360. The summed E-state index contributed by atoms with van der Waals surface area (Å²) in [6.45, 7) is 0. The first kappa shape index (κ1) is 39.0. The van der Waals surface area contributed by atoms with Gasteiger partial charge in [0.1, 0.15) is 11.2 Å². The Morgan fingerprint density at radius 1 is 0.275 bits per heavy atom. The van der Waals surface area contributed by atoms with Gasteiger partial charge in [0.25, 0.3) is 0 Å². The van der Waals surface area contributed by atoms with Crippen LogP contribution in [0, 0.1) is 0 Å². The van der Waals surface area contributed by atoms with Crippen molar-refractivity contribution in [1.29, 1.82) is 0 Å². The van der Waals surface area contributed by atoms with Crippen molar-refractivity contribution in [3.8, 4) is 66.9 Å². The molecular weight excluding hydrogens is 837 g/mol. The number of nitrogens with zero attached hydrogens (tertiary/aromatic N) is 2. The predicted octanol–water partition coefficient (Wildman–Crippen LogP) is 18.1. The molecule has 0 amide bonds. The van der Waals surface area contributed by atoms with Crippen LogP contribution in [0.25, 0.3) is 143 Å².